The van der Waals surface area contributed by atoms with Crippen molar-refractivity contribution in [3.05, 3.63) is 39.7 Å². The van der Waals surface area contributed by atoms with Crippen LogP contribution in [0, 0.1) is 0 Å². The highest BCUT2D eigenvalue weighted by atomic mass is 32.2. The van der Waals surface area contributed by atoms with Gasteiger partial charge in [0.15, 0.2) is 5.58 Å². The summed E-state index contributed by atoms with van der Waals surface area (Å²) in [5.74, 6) is 0. The third kappa shape index (κ3) is 3.19. The third-order valence-corrected chi connectivity index (χ3v) is 4.25. The molecule has 0 aliphatic carbocycles. The van der Waals surface area contributed by atoms with Crippen LogP contribution in [0.5, 0.6) is 0 Å². The van der Waals surface area contributed by atoms with Crippen LogP contribution in [0.15, 0.2) is 37.5 Å². The predicted molar refractivity (Wildman–Crippen MR) is 92.2 cm³/mol. The Hall–Kier alpha value is -1.75. The minimum absolute atomic E-state index is 0.0185. The maximum absolute atomic E-state index is 12.2. The van der Waals surface area contributed by atoms with Gasteiger partial charge in [0.2, 0.25) is 0 Å². The number of hydrogen-bond donors (Lipinski definition) is 0. The van der Waals surface area contributed by atoms with Crippen LogP contribution < -0.4 is 5.63 Å². The monoisotopic (exact) mass is 319 g/mol. The van der Waals surface area contributed by atoms with E-state index in [-0.39, 0.29) is 5.41 Å². The lowest BCUT2D eigenvalue weighted by Crippen LogP contribution is -2.14. The van der Waals surface area contributed by atoms with Gasteiger partial charge >= 0.3 is 5.63 Å². The van der Waals surface area contributed by atoms with Gasteiger partial charge in [-0.1, -0.05) is 25.9 Å². The summed E-state index contributed by atoms with van der Waals surface area (Å²) in [5.41, 5.74) is 2.37. The van der Waals surface area contributed by atoms with E-state index >= 15 is 0 Å². The number of oxime groups is 1. The van der Waals surface area contributed by atoms with E-state index in [1.54, 1.807) is 18.7 Å². The lowest BCUT2D eigenvalue weighted by atomic mass is 9.86. The maximum atomic E-state index is 12.2. The van der Waals surface area contributed by atoms with Gasteiger partial charge in [0.05, 0.1) is 16.2 Å². The Labute approximate surface area is 134 Å². The normalized spacial score (nSPS) is 12.7. The topological polar surface area (TPSA) is 51.8 Å². The standard InChI is InChI=1S/C17H21NO3S/c1-10(18-20-5)13-8-11-7-12(17(2,3)4)9-14(22-6)15(11)21-16(13)19/h7-9H,1-6H3/b18-10+. The molecule has 0 saturated carbocycles. The Kier molecular flexibility index (Phi) is 4.66. The minimum Gasteiger partial charge on any atom is -0.421 e. The number of hydrogen-bond acceptors (Lipinski definition) is 5. The first-order chi connectivity index (χ1) is 10.3. The average molecular weight is 319 g/mol. The van der Waals surface area contributed by atoms with Crippen LogP contribution in [0.25, 0.3) is 11.0 Å². The molecule has 0 N–H and O–H groups in total. The molecule has 0 unspecified atom stereocenters. The van der Waals surface area contributed by atoms with Gasteiger partial charge < -0.3 is 9.25 Å². The molecule has 2 aromatic rings. The number of nitrogens with zero attached hydrogens (tertiary/aromatic N) is 1. The lowest BCUT2D eigenvalue weighted by Gasteiger charge is -2.20. The zero-order valence-electron chi connectivity index (χ0n) is 13.8. The first-order valence-electron chi connectivity index (χ1n) is 7.02. The summed E-state index contributed by atoms with van der Waals surface area (Å²) < 4.78 is 5.54. The third-order valence-electron chi connectivity index (χ3n) is 3.50. The molecule has 0 atom stereocenters. The summed E-state index contributed by atoms with van der Waals surface area (Å²) in [7, 11) is 1.45. The first-order valence-corrected chi connectivity index (χ1v) is 8.25. The molecule has 0 bridgehead atoms. The van der Waals surface area contributed by atoms with Gasteiger partial charge in [-0.05, 0) is 42.4 Å². The van der Waals surface area contributed by atoms with Crippen molar-refractivity contribution in [2.75, 3.05) is 13.4 Å². The summed E-state index contributed by atoms with van der Waals surface area (Å²) >= 11 is 1.57. The van der Waals surface area contributed by atoms with Crippen LogP contribution >= 0.6 is 11.8 Å². The molecule has 0 fully saturated rings. The van der Waals surface area contributed by atoms with Crippen molar-refractivity contribution in [3.63, 3.8) is 0 Å². The number of benzene rings is 1. The molecule has 0 spiro atoms. The Balaban J connectivity index is 2.79. The van der Waals surface area contributed by atoms with Crippen molar-refractivity contribution in [3.8, 4) is 0 Å². The molecule has 2 rings (SSSR count). The summed E-state index contributed by atoms with van der Waals surface area (Å²) in [6.07, 6.45) is 1.98. The zero-order chi connectivity index (χ0) is 16.5. The van der Waals surface area contributed by atoms with E-state index in [2.05, 4.69) is 38.1 Å². The minimum atomic E-state index is -0.399. The number of rotatable bonds is 3. The summed E-state index contributed by atoms with van der Waals surface area (Å²) in [6.45, 7) is 8.21. The van der Waals surface area contributed by atoms with E-state index in [4.69, 9.17) is 9.25 Å². The molecule has 1 heterocycles. The van der Waals surface area contributed by atoms with Crippen molar-refractivity contribution < 1.29 is 9.25 Å². The summed E-state index contributed by atoms with van der Waals surface area (Å²) in [5, 5.41) is 4.73. The van der Waals surface area contributed by atoms with E-state index in [9.17, 15) is 4.79 Å². The van der Waals surface area contributed by atoms with E-state index in [0.717, 1.165) is 10.3 Å². The molecule has 1 aromatic carbocycles. The van der Waals surface area contributed by atoms with Crippen molar-refractivity contribution in [1.29, 1.82) is 0 Å². The molecule has 0 amide bonds. The van der Waals surface area contributed by atoms with E-state index in [0.29, 0.717) is 16.9 Å². The molecular formula is C17H21NO3S. The second-order valence-electron chi connectivity index (χ2n) is 6.15. The van der Waals surface area contributed by atoms with Crippen LogP contribution in [-0.4, -0.2) is 19.1 Å². The predicted octanol–water partition coefficient (Wildman–Crippen LogP) is 4.18. The average Bonchev–Trinajstić information content (AvgIpc) is 2.44. The number of thioether (sulfide) groups is 1. The van der Waals surface area contributed by atoms with Gasteiger partial charge in [0, 0.05) is 5.39 Å². The van der Waals surface area contributed by atoms with Crippen LogP contribution in [-0.2, 0) is 10.3 Å². The smallest absolute Gasteiger partial charge is 0.345 e. The maximum Gasteiger partial charge on any atom is 0.345 e. The van der Waals surface area contributed by atoms with Crippen molar-refractivity contribution in [2.45, 2.75) is 38.0 Å². The van der Waals surface area contributed by atoms with Gasteiger partial charge in [-0.2, -0.15) is 0 Å². The fraction of sp³-hybridized carbons (Fsp3) is 0.412. The molecule has 1 aromatic heterocycles. The molecule has 4 nitrogen and oxygen atoms in total. The number of fused-ring (bicyclic) bond motifs is 1. The van der Waals surface area contributed by atoms with Crippen LogP contribution in [0.1, 0.15) is 38.8 Å². The highest BCUT2D eigenvalue weighted by Crippen LogP contribution is 2.33. The molecule has 5 heteroatoms. The van der Waals surface area contributed by atoms with Crippen LogP contribution in [0.3, 0.4) is 0 Å². The molecule has 0 saturated heterocycles. The van der Waals surface area contributed by atoms with Gasteiger partial charge in [0.1, 0.15) is 7.11 Å². The fourth-order valence-electron chi connectivity index (χ4n) is 2.23. The van der Waals surface area contributed by atoms with Crippen LogP contribution in [0.4, 0.5) is 0 Å². The lowest BCUT2D eigenvalue weighted by molar-refractivity contribution is 0.213. The highest BCUT2D eigenvalue weighted by Gasteiger charge is 2.18. The van der Waals surface area contributed by atoms with E-state index in [1.165, 1.54) is 12.7 Å². The molecule has 22 heavy (non-hydrogen) atoms. The van der Waals surface area contributed by atoms with E-state index in [1.807, 2.05) is 12.3 Å². The highest BCUT2D eigenvalue weighted by molar-refractivity contribution is 7.98. The van der Waals surface area contributed by atoms with Crippen molar-refractivity contribution in [2.24, 2.45) is 5.16 Å². The SMILES string of the molecule is CO/N=C(\C)c1cc2cc(C(C)(C)C)cc(SC)c2oc1=O. The summed E-state index contributed by atoms with van der Waals surface area (Å²) in [4.78, 5) is 17.9. The second-order valence-corrected chi connectivity index (χ2v) is 7.00. The second kappa shape index (κ2) is 6.16. The first kappa shape index (κ1) is 16.6. The van der Waals surface area contributed by atoms with Crippen molar-refractivity contribution >= 4 is 28.4 Å². The Morgan fingerprint density at radius 3 is 2.50 bits per heavy atom. The fourth-order valence-corrected chi connectivity index (χ4v) is 2.81. The van der Waals surface area contributed by atoms with Gasteiger partial charge in [-0.15, -0.1) is 11.8 Å². The van der Waals surface area contributed by atoms with E-state index < -0.39 is 5.63 Å². The van der Waals surface area contributed by atoms with Crippen molar-refractivity contribution in [1.82, 2.24) is 0 Å². The molecule has 0 aliphatic heterocycles. The quantitative estimate of drug-likeness (QED) is 0.368. The molecular weight excluding hydrogens is 298 g/mol. The Morgan fingerprint density at radius 1 is 1.27 bits per heavy atom. The van der Waals surface area contributed by atoms with Gasteiger partial charge in [0.25, 0.3) is 0 Å². The molecule has 0 aliphatic rings. The molecule has 0 radical (unpaired) electrons. The van der Waals surface area contributed by atoms with Gasteiger partial charge in [-0.25, -0.2) is 4.79 Å². The zero-order valence-corrected chi connectivity index (χ0v) is 14.6. The van der Waals surface area contributed by atoms with Gasteiger partial charge in [-0.3, -0.25) is 0 Å². The Bertz CT molecular complexity index is 785. The summed E-state index contributed by atoms with van der Waals surface area (Å²) in [6, 6.07) is 5.99. The molecule has 118 valence electrons. The van der Waals surface area contributed by atoms with Crippen LogP contribution in [0.2, 0.25) is 0 Å². The Morgan fingerprint density at radius 2 is 1.95 bits per heavy atom. The largest absolute Gasteiger partial charge is 0.421 e.